The molecule has 0 aliphatic rings. The molecule has 1 amide bonds. The van der Waals surface area contributed by atoms with E-state index in [9.17, 15) is 4.79 Å². The summed E-state index contributed by atoms with van der Waals surface area (Å²) >= 11 is 0. The summed E-state index contributed by atoms with van der Waals surface area (Å²) in [5, 5.41) is 9.07. The second-order valence-electron chi connectivity index (χ2n) is 5.95. The maximum atomic E-state index is 11.5. The topological polar surface area (TPSA) is 78.9 Å². The third-order valence-electron chi connectivity index (χ3n) is 2.76. The molecule has 1 heterocycles. The van der Waals surface area contributed by atoms with Crippen LogP contribution >= 0.6 is 0 Å². The zero-order valence-corrected chi connectivity index (χ0v) is 13.7. The largest absolute Gasteiger partial charge is 0.370 e. The summed E-state index contributed by atoms with van der Waals surface area (Å²) in [6.45, 7) is 11.9. The third kappa shape index (κ3) is 5.97. The van der Waals surface area contributed by atoms with Gasteiger partial charge in [-0.3, -0.25) is 4.79 Å². The zero-order chi connectivity index (χ0) is 15.9. The number of hydrogen-bond donors (Lipinski definition) is 3. The van der Waals surface area contributed by atoms with Crippen molar-refractivity contribution in [2.75, 3.05) is 30.3 Å². The van der Waals surface area contributed by atoms with Gasteiger partial charge in [0.1, 0.15) is 17.5 Å². The van der Waals surface area contributed by atoms with E-state index in [1.54, 1.807) is 0 Å². The highest BCUT2D eigenvalue weighted by molar-refractivity contribution is 5.80. The summed E-state index contributed by atoms with van der Waals surface area (Å²) in [6, 6.07) is 1.84. The first kappa shape index (κ1) is 17.2. The molecule has 3 N–H and O–H groups in total. The normalized spacial score (nSPS) is 11.1. The lowest BCUT2D eigenvalue weighted by Crippen LogP contribution is -2.30. The van der Waals surface area contributed by atoms with Crippen molar-refractivity contribution < 1.29 is 4.79 Å². The number of hydrogen-bond acceptors (Lipinski definition) is 5. The molecule has 0 bridgehead atoms. The monoisotopic (exact) mass is 293 g/mol. The van der Waals surface area contributed by atoms with Gasteiger partial charge in [0.05, 0.1) is 6.54 Å². The van der Waals surface area contributed by atoms with Crippen LogP contribution in [0.25, 0.3) is 0 Å². The van der Waals surface area contributed by atoms with E-state index in [1.807, 2.05) is 13.0 Å². The molecule has 0 fully saturated rings. The van der Waals surface area contributed by atoms with Crippen molar-refractivity contribution in [1.82, 2.24) is 15.3 Å². The smallest absolute Gasteiger partial charge is 0.239 e. The summed E-state index contributed by atoms with van der Waals surface area (Å²) in [7, 11) is 0. The van der Waals surface area contributed by atoms with E-state index in [4.69, 9.17) is 0 Å². The number of carbonyl (C=O) groups is 1. The third-order valence-corrected chi connectivity index (χ3v) is 2.76. The molecular weight excluding hydrogens is 266 g/mol. The van der Waals surface area contributed by atoms with Gasteiger partial charge in [-0.15, -0.1) is 0 Å². The highest BCUT2D eigenvalue weighted by atomic mass is 16.1. The molecule has 0 aromatic carbocycles. The van der Waals surface area contributed by atoms with Crippen LogP contribution in [0.1, 0.15) is 46.9 Å². The van der Waals surface area contributed by atoms with Crippen LogP contribution in [0.15, 0.2) is 6.07 Å². The first-order chi connectivity index (χ1) is 9.86. The lowest BCUT2D eigenvalue weighted by Gasteiger charge is -2.19. The van der Waals surface area contributed by atoms with E-state index < -0.39 is 0 Å². The number of carbonyl (C=O) groups excluding carboxylic acids is 1. The van der Waals surface area contributed by atoms with Gasteiger partial charge in [0.15, 0.2) is 0 Å². The van der Waals surface area contributed by atoms with Gasteiger partial charge in [0, 0.05) is 24.6 Å². The number of likely N-dealkylation sites (N-methyl/N-ethyl adjacent to an activating group) is 1. The van der Waals surface area contributed by atoms with Crippen LogP contribution in [0, 0.1) is 0 Å². The van der Waals surface area contributed by atoms with E-state index in [2.05, 4.69) is 53.6 Å². The van der Waals surface area contributed by atoms with Crippen LogP contribution in [-0.2, 0) is 10.2 Å². The summed E-state index contributed by atoms with van der Waals surface area (Å²) < 4.78 is 0. The van der Waals surface area contributed by atoms with E-state index in [-0.39, 0.29) is 17.9 Å². The Kier molecular flexibility index (Phi) is 6.39. The van der Waals surface area contributed by atoms with Gasteiger partial charge >= 0.3 is 0 Å². The van der Waals surface area contributed by atoms with Gasteiger partial charge < -0.3 is 16.0 Å². The molecule has 0 aliphatic carbocycles. The predicted molar refractivity (Wildman–Crippen MR) is 86.7 cm³/mol. The average Bonchev–Trinajstić information content (AvgIpc) is 2.42. The van der Waals surface area contributed by atoms with Crippen LogP contribution in [0.5, 0.6) is 0 Å². The van der Waals surface area contributed by atoms with Crippen molar-refractivity contribution in [2.24, 2.45) is 0 Å². The molecule has 0 saturated carbocycles. The van der Waals surface area contributed by atoms with Crippen molar-refractivity contribution in [2.45, 2.75) is 46.5 Å². The molecule has 0 saturated heterocycles. The van der Waals surface area contributed by atoms with Gasteiger partial charge in [-0.2, -0.15) is 0 Å². The fraction of sp³-hybridized carbons (Fsp3) is 0.667. The number of anilines is 2. The number of amides is 1. The fourth-order valence-electron chi connectivity index (χ4n) is 1.65. The van der Waals surface area contributed by atoms with E-state index >= 15 is 0 Å². The average molecular weight is 293 g/mol. The Morgan fingerprint density at radius 2 is 1.76 bits per heavy atom. The number of rotatable bonds is 7. The van der Waals surface area contributed by atoms with Crippen molar-refractivity contribution in [3.8, 4) is 0 Å². The molecular formula is C15H27N5O. The maximum Gasteiger partial charge on any atom is 0.239 e. The summed E-state index contributed by atoms with van der Waals surface area (Å²) in [4.78, 5) is 20.6. The summed E-state index contributed by atoms with van der Waals surface area (Å²) in [6.07, 6.45) is 1.02. The van der Waals surface area contributed by atoms with Gasteiger partial charge in [0.2, 0.25) is 5.91 Å². The Hall–Kier alpha value is -1.85. The second-order valence-corrected chi connectivity index (χ2v) is 5.95. The Labute approximate surface area is 127 Å². The van der Waals surface area contributed by atoms with Crippen molar-refractivity contribution in [1.29, 1.82) is 0 Å². The SMILES string of the molecule is CCCNc1cc(NCC(=O)NCC)nc(C(C)(C)C)n1. The van der Waals surface area contributed by atoms with E-state index in [0.717, 1.165) is 24.6 Å². The lowest BCUT2D eigenvalue weighted by atomic mass is 9.96. The molecule has 6 nitrogen and oxygen atoms in total. The molecule has 6 heteroatoms. The van der Waals surface area contributed by atoms with Crippen molar-refractivity contribution in [3.63, 3.8) is 0 Å². The van der Waals surface area contributed by atoms with E-state index in [1.165, 1.54) is 0 Å². The van der Waals surface area contributed by atoms with Crippen LogP contribution in [0.2, 0.25) is 0 Å². The molecule has 0 atom stereocenters. The van der Waals surface area contributed by atoms with Crippen LogP contribution in [0.3, 0.4) is 0 Å². The predicted octanol–water partition coefficient (Wildman–Crippen LogP) is 2.14. The van der Waals surface area contributed by atoms with E-state index in [0.29, 0.717) is 12.4 Å². The maximum absolute atomic E-state index is 11.5. The van der Waals surface area contributed by atoms with Gasteiger partial charge in [-0.05, 0) is 13.3 Å². The minimum atomic E-state index is -0.147. The molecule has 1 rings (SSSR count). The quantitative estimate of drug-likeness (QED) is 0.718. The van der Waals surface area contributed by atoms with Gasteiger partial charge in [-0.1, -0.05) is 27.7 Å². The molecule has 1 aromatic rings. The van der Waals surface area contributed by atoms with Crippen LogP contribution in [0.4, 0.5) is 11.6 Å². The highest BCUT2D eigenvalue weighted by Crippen LogP contribution is 2.22. The molecule has 118 valence electrons. The minimum Gasteiger partial charge on any atom is -0.370 e. The first-order valence-electron chi connectivity index (χ1n) is 7.50. The van der Waals surface area contributed by atoms with Crippen molar-refractivity contribution in [3.05, 3.63) is 11.9 Å². The number of aromatic nitrogens is 2. The highest BCUT2D eigenvalue weighted by Gasteiger charge is 2.19. The molecule has 21 heavy (non-hydrogen) atoms. The van der Waals surface area contributed by atoms with Crippen molar-refractivity contribution >= 4 is 17.5 Å². The van der Waals surface area contributed by atoms with Crippen LogP contribution < -0.4 is 16.0 Å². The Bertz CT molecular complexity index is 468. The molecule has 1 aromatic heterocycles. The summed E-state index contributed by atoms with van der Waals surface area (Å²) in [5.74, 6) is 2.16. The number of nitrogens with one attached hydrogen (secondary N) is 3. The molecule has 0 spiro atoms. The molecule has 0 unspecified atom stereocenters. The molecule has 0 radical (unpaired) electrons. The van der Waals surface area contributed by atoms with Crippen LogP contribution in [-0.4, -0.2) is 35.5 Å². The lowest BCUT2D eigenvalue weighted by molar-refractivity contribution is -0.119. The second kappa shape index (κ2) is 7.81. The first-order valence-corrected chi connectivity index (χ1v) is 7.50. The van der Waals surface area contributed by atoms with Gasteiger partial charge in [-0.25, -0.2) is 9.97 Å². The number of nitrogens with zero attached hydrogens (tertiary/aromatic N) is 2. The Morgan fingerprint density at radius 1 is 1.14 bits per heavy atom. The fourth-order valence-corrected chi connectivity index (χ4v) is 1.65. The standard InChI is InChI=1S/C15H27N5O/c1-6-8-17-11-9-12(18-10-13(21)16-7-2)20-14(19-11)15(3,4)5/h9H,6-8,10H2,1-5H3,(H,16,21)(H2,17,18,19,20). The molecule has 0 aliphatic heterocycles. The van der Waals surface area contributed by atoms with Gasteiger partial charge in [0.25, 0.3) is 0 Å². The minimum absolute atomic E-state index is 0.0449. The zero-order valence-electron chi connectivity index (χ0n) is 13.7. The summed E-state index contributed by atoms with van der Waals surface area (Å²) in [5.41, 5.74) is -0.147. The Balaban J connectivity index is 2.88. The Morgan fingerprint density at radius 3 is 2.29 bits per heavy atom.